The maximum Gasteiger partial charge on any atom is 0.417 e. The second-order valence-corrected chi connectivity index (χ2v) is 7.75. The van der Waals surface area contributed by atoms with Gasteiger partial charge >= 0.3 is 6.18 Å². The molecule has 2 aromatic rings. The van der Waals surface area contributed by atoms with Crippen molar-refractivity contribution in [3.05, 3.63) is 70.9 Å². The van der Waals surface area contributed by atoms with Gasteiger partial charge in [-0.05, 0) is 62.1 Å². The lowest BCUT2D eigenvalue weighted by Crippen LogP contribution is -2.32. The van der Waals surface area contributed by atoms with Crippen LogP contribution in [-0.2, 0) is 6.18 Å². The summed E-state index contributed by atoms with van der Waals surface area (Å²) in [6.45, 7) is 7.80. The number of halogens is 3. The number of alkyl halides is 3. The van der Waals surface area contributed by atoms with Crippen molar-refractivity contribution >= 4 is 0 Å². The first-order valence-corrected chi connectivity index (χ1v) is 10.0. The number of phenols is 1. The highest BCUT2D eigenvalue weighted by atomic mass is 19.4. The predicted molar refractivity (Wildman–Crippen MR) is 113 cm³/mol. The standard InChI is InChI=1S/C24H27F3N2O2/c1-5-22(29-16(4)17-6-9-19(30)10-7-17)23(12-15(2)3)31-20-11-8-18(14-28)21(13-20)24(25,26)27/h5-11,13,15-16,23,29-30H,12H2,1-4H3/b22-5-. The van der Waals surface area contributed by atoms with Crippen molar-refractivity contribution in [1.29, 1.82) is 5.26 Å². The Kier molecular flexibility index (Phi) is 7.98. The van der Waals surface area contributed by atoms with E-state index in [1.54, 1.807) is 30.3 Å². The largest absolute Gasteiger partial charge is 0.508 e. The van der Waals surface area contributed by atoms with E-state index in [4.69, 9.17) is 10.00 Å². The van der Waals surface area contributed by atoms with E-state index in [-0.39, 0.29) is 23.5 Å². The van der Waals surface area contributed by atoms with Crippen LogP contribution in [0, 0.1) is 17.2 Å². The fourth-order valence-electron chi connectivity index (χ4n) is 3.22. The van der Waals surface area contributed by atoms with Gasteiger partial charge in [0.1, 0.15) is 17.6 Å². The summed E-state index contributed by atoms with van der Waals surface area (Å²) < 4.78 is 46.0. The Morgan fingerprint density at radius 2 is 1.81 bits per heavy atom. The maximum absolute atomic E-state index is 13.3. The lowest BCUT2D eigenvalue weighted by atomic mass is 10.0. The Labute approximate surface area is 181 Å². The molecule has 2 N–H and O–H groups in total. The number of rotatable bonds is 8. The number of nitriles is 1. The number of allylic oxidation sites excluding steroid dienone is 1. The highest BCUT2D eigenvalue weighted by Gasteiger charge is 2.34. The van der Waals surface area contributed by atoms with Crippen molar-refractivity contribution in [2.45, 2.75) is 52.4 Å². The quantitative estimate of drug-likeness (QED) is 0.512. The number of hydrogen-bond donors (Lipinski definition) is 2. The SMILES string of the molecule is C/C=C(\NC(C)c1ccc(O)cc1)C(CC(C)C)Oc1ccc(C#N)c(C(F)(F)F)c1. The summed E-state index contributed by atoms with van der Waals surface area (Å²) in [6.07, 6.45) is -2.72. The number of nitrogens with one attached hydrogen (secondary N) is 1. The van der Waals surface area contributed by atoms with Crippen molar-refractivity contribution in [1.82, 2.24) is 5.32 Å². The zero-order chi connectivity index (χ0) is 23.2. The molecule has 0 amide bonds. The van der Waals surface area contributed by atoms with E-state index in [2.05, 4.69) is 5.32 Å². The van der Waals surface area contributed by atoms with E-state index in [0.29, 0.717) is 6.42 Å². The number of hydrogen-bond acceptors (Lipinski definition) is 4. The first-order valence-electron chi connectivity index (χ1n) is 10.0. The average molecular weight is 432 g/mol. The molecule has 0 aromatic heterocycles. The van der Waals surface area contributed by atoms with Crippen LogP contribution in [0.5, 0.6) is 11.5 Å². The lowest BCUT2D eigenvalue weighted by Gasteiger charge is -2.28. The molecular weight excluding hydrogens is 405 g/mol. The van der Waals surface area contributed by atoms with Gasteiger partial charge in [-0.1, -0.05) is 32.1 Å². The molecule has 0 aliphatic heterocycles. The molecule has 0 saturated carbocycles. The van der Waals surface area contributed by atoms with Crippen LogP contribution in [0.15, 0.2) is 54.2 Å². The molecule has 0 aliphatic carbocycles. The number of phenolic OH excluding ortho intramolecular Hbond substituents is 1. The Hall–Kier alpha value is -3.14. The molecule has 0 bridgehead atoms. The van der Waals surface area contributed by atoms with E-state index in [1.165, 1.54) is 6.07 Å². The van der Waals surface area contributed by atoms with Crippen LogP contribution in [0.4, 0.5) is 13.2 Å². The van der Waals surface area contributed by atoms with Crippen LogP contribution in [0.3, 0.4) is 0 Å². The first kappa shape index (κ1) is 24.1. The highest BCUT2D eigenvalue weighted by molar-refractivity contribution is 5.44. The summed E-state index contributed by atoms with van der Waals surface area (Å²) in [5, 5.41) is 21.9. The smallest absolute Gasteiger partial charge is 0.417 e. The minimum atomic E-state index is -4.65. The van der Waals surface area contributed by atoms with Gasteiger partial charge in [0.2, 0.25) is 0 Å². The Bertz CT molecular complexity index is 945. The topological polar surface area (TPSA) is 65.3 Å². The zero-order valence-electron chi connectivity index (χ0n) is 18.0. The minimum absolute atomic E-state index is 0.0513. The Morgan fingerprint density at radius 1 is 1.16 bits per heavy atom. The van der Waals surface area contributed by atoms with Gasteiger partial charge in [-0.2, -0.15) is 18.4 Å². The Morgan fingerprint density at radius 3 is 2.32 bits per heavy atom. The van der Waals surface area contributed by atoms with Gasteiger partial charge in [0.25, 0.3) is 0 Å². The molecule has 7 heteroatoms. The normalized spacial score (nSPS) is 14.1. The van der Waals surface area contributed by atoms with E-state index >= 15 is 0 Å². The molecule has 0 spiro atoms. The molecule has 2 unspecified atom stereocenters. The monoisotopic (exact) mass is 432 g/mol. The summed E-state index contributed by atoms with van der Waals surface area (Å²) in [6, 6.07) is 11.7. The van der Waals surface area contributed by atoms with Gasteiger partial charge in [0.15, 0.2) is 0 Å². The maximum atomic E-state index is 13.3. The Balaban J connectivity index is 2.30. The predicted octanol–water partition coefficient (Wildman–Crippen LogP) is 6.33. The molecule has 0 radical (unpaired) electrons. The van der Waals surface area contributed by atoms with Gasteiger partial charge < -0.3 is 15.2 Å². The van der Waals surface area contributed by atoms with Gasteiger partial charge in [-0.3, -0.25) is 0 Å². The van der Waals surface area contributed by atoms with Crippen LogP contribution in [-0.4, -0.2) is 11.2 Å². The molecule has 0 aliphatic rings. The van der Waals surface area contributed by atoms with Crippen LogP contribution in [0.1, 0.15) is 56.8 Å². The molecule has 2 rings (SSSR count). The van der Waals surface area contributed by atoms with Crippen LogP contribution < -0.4 is 10.1 Å². The lowest BCUT2D eigenvalue weighted by molar-refractivity contribution is -0.137. The van der Waals surface area contributed by atoms with E-state index in [0.717, 1.165) is 23.4 Å². The second kappa shape index (κ2) is 10.3. The molecule has 0 fully saturated rings. The minimum Gasteiger partial charge on any atom is -0.508 e. The third kappa shape index (κ3) is 6.68. The summed E-state index contributed by atoms with van der Waals surface area (Å²) in [4.78, 5) is 0. The molecule has 2 atom stereocenters. The third-order valence-electron chi connectivity index (χ3n) is 4.81. The molecule has 4 nitrogen and oxygen atoms in total. The molecule has 2 aromatic carbocycles. The number of aromatic hydroxyl groups is 1. The highest BCUT2D eigenvalue weighted by Crippen LogP contribution is 2.35. The zero-order valence-corrected chi connectivity index (χ0v) is 18.0. The van der Waals surface area contributed by atoms with Crippen molar-refractivity contribution < 1.29 is 23.0 Å². The number of benzene rings is 2. The van der Waals surface area contributed by atoms with Crippen molar-refractivity contribution in [2.24, 2.45) is 5.92 Å². The average Bonchev–Trinajstić information content (AvgIpc) is 2.70. The third-order valence-corrected chi connectivity index (χ3v) is 4.81. The van der Waals surface area contributed by atoms with E-state index < -0.39 is 23.4 Å². The van der Waals surface area contributed by atoms with Crippen molar-refractivity contribution in [2.75, 3.05) is 0 Å². The van der Waals surface area contributed by atoms with E-state index in [9.17, 15) is 18.3 Å². The summed E-state index contributed by atoms with van der Waals surface area (Å²) in [5.74, 6) is 0.450. The second-order valence-electron chi connectivity index (χ2n) is 7.75. The van der Waals surface area contributed by atoms with Crippen LogP contribution >= 0.6 is 0 Å². The molecule has 166 valence electrons. The van der Waals surface area contributed by atoms with Crippen molar-refractivity contribution in [3.63, 3.8) is 0 Å². The molecule has 0 heterocycles. The first-order chi connectivity index (χ1) is 14.5. The molecule has 31 heavy (non-hydrogen) atoms. The summed E-state index contributed by atoms with van der Waals surface area (Å²) in [7, 11) is 0. The fraction of sp³-hybridized carbons (Fsp3) is 0.375. The molecular formula is C24H27F3N2O2. The number of nitrogens with zero attached hydrogens (tertiary/aromatic N) is 1. The van der Waals surface area contributed by atoms with Gasteiger partial charge in [-0.15, -0.1) is 0 Å². The van der Waals surface area contributed by atoms with E-state index in [1.807, 2.05) is 33.8 Å². The van der Waals surface area contributed by atoms with Gasteiger partial charge in [0.05, 0.1) is 17.2 Å². The van der Waals surface area contributed by atoms with Crippen molar-refractivity contribution in [3.8, 4) is 17.6 Å². The van der Waals surface area contributed by atoms with Crippen LogP contribution in [0.25, 0.3) is 0 Å². The fourth-order valence-corrected chi connectivity index (χ4v) is 3.22. The molecule has 0 saturated heterocycles. The van der Waals surface area contributed by atoms with Gasteiger partial charge in [0, 0.05) is 11.7 Å². The summed E-state index contributed by atoms with van der Waals surface area (Å²) in [5.41, 5.74) is 0.235. The van der Waals surface area contributed by atoms with Crippen LogP contribution in [0.2, 0.25) is 0 Å². The van der Waals surface area contributed by atoms with Gasteiger partial charge in [-0.25, -0.2) is 0 Å². The number of ether oxygens (including phenoxy) is 1. The summed E-state index contributed by atoms with van der Waals surface area (Å²) >= 11 is 0.